The van der Waals surface area contributed by atoms with E-state index in [1.54, 1.807) is 0 Å². The first-order chi connectivity index (χ1) is 10.3. The van der Waals surface area contributed by atoms with E-state index in [4.69, 9.17) is 4.74 Å². The van der Waals surface area contributed by atoms with Crippen molar-refractivity contribution in [2.24, 2.45) is 5.92 Å². The molecule has 1 saturated heterocycles. The Hall–Kier alpha value is -1.03. The maximum atomic E-state index is 12.1. The lowest BCUT2D eigenvalue weighted by Gasteiger charge is -2.32. The second kappa shape index (κ2) is 9.08. The highest BCUT2D eigenvalue weighted by atomic mass is 79.9. The normalized spacial score (nSPS) is 18.5. The van der Waals surface area contributed by atoms with Gasteiger partial charge in [-0.1, -0.05) is 52.7 Å². The molecule has 4 heteroatoms. The van der Waals surface area contributed by atoms with Crippen molar-refractivity contribution in [1.29, 1.82) is 0 Å². The first-order valence-electron chi connectivity index (χ1n) is 7.81. The highest BCUT2D eigenvalue weighted by Crippen LogP contribution is 2.22. The highest BCUT2D eigenvalue weighted by Gasteiger charge is 2.24. The Kier molecular flexibility index (Phi) is 7.07. The Morgan fingerprint density at radius 1 is 1.29 bits per heavy atom. The molecule has 116 valence electrons. The van der Waals surface area contributed by atoms with Crippen molar-refractivity contribution in [2.45, 2.75) is 38.7 Å². The van der Waals surface area contributed by atoms with Crippen molar-refractivity contribution in [1.82, 2.24) is 4.90 Å². The summed E-state index contributed by atoms with van der Waals surface area (Å²) >= 11 is 3.47. The van der Waals surface area contributed by atoms with Crippen molar-refractivity contribution < 1.29 is 9.53 Å². The first kappa shape index (κ1) is 16.3. The van der Waals surface area contributed by atoms with Gasteiger partial charge in [0.05, 0.1) is 0 Å². The molecule has 0 aliphatic carbocycles. The minimum Gasteiger partial charge on any atom is -0.445 e. The summed E-state index contributed by atoms with van der Waals surface area (Å²) in [7, 11) is 0. The molecule has 3 nitrogen and oxygen atoms in total. The van der Waals surface area contributed by atoms with Crippen LogP contribution in [0, 0.1) is 5.92 Å². The molecule has 1 atom stereocenters. The van der Waals surface area contributed by atoms with E-state index in [1.165, 1.54) is 25.7 Å². The molecule has 1 fully saturated rings. The molecule has 0 saturated carbocycles. The predicted molar refractivity (Wildman–Crippen MR) is 88.6 cm³/mol. The SMILES string of the molecule is O=C(OCc1ccccc1)N1CCC[C@H](CCCCBr)C1. The molecule has 2 rings (SSSR count). The van der Waals surface area contributed by atoms with Crippen LogP contribution in [0.2, 0.25) is 0 Å². The average molecular weight is 354 g/mol. The van der Waals surface area contributed by atoms with E-state index in [-0.39, 0.29) is 6.09 Å². The fourth-order valence-electron chi connectivity index (χ4n) is 2.80. The summed E-state index contributed by atoms with van der Waals surface area (Å²) in [4.78, 5) is 14.0. The van der Waals surface area contributed by atoms with Crippen molar-refractivity contribution in [3.8, 4) is 0 Å². The molecule has 1 aliphatic heterocycles. The third kappa shape index (κ3) is 5.70. The number of rotatable bonds is 6. The quantitative estimate of drug-likeness (QED) is 0.552. The van der Waals surface area contributed by atoms with Gasteiger partial charge in [-0.25, -0.2) is 4.79 Å². The van der Waals surface area contributed by atoms with Gasteiger partial charge >= 0.3 is 6.09 Å². The van der Waals surface area contributed by atoms with Crippen molar-refractivity contribution in [3.05, 3.63) is 35.9 Å². The predicted octanol–water partition coefficient (Wildman–Crippen LogP) is 4.60. The number of ether oxygens (including phenoxy) is 1. The maximum absolute atomic E-state index is 12.1. The van der Waals surface area contributed by atoms with Crippen LogP contribution in [0.4, 0.5) is 4.79 Å². The van der Waals surface area contributed by atoms with E-state index in [0.717, 1.165) is 30.4 Å². The number of amides is 1. The monoisotopic (exact) mass is 353 g/mol. The van der Waals surface area contributed by atoms with Crippen molar-refractivity contribution in [2.75, 3.05) is 18.4 Å². The van der Waals surface area contributed by atoms with Gasteiger partial charge in [-0.15, -0.1) is 0 Å². The topological polar surface area (TPSA) is 29.5 Å². The Morgan fingerprint density at radius 2 is 2.10 bits per heavy atom. The van der Waals surface area contributed by atoms with Crippen LogP contribution >= 0.6 is 15.9 Å². The zero-order valence-electron chi connectivity index (χ0n) is 12.5. The lowest BCUT2D eigenvalue weighted by atomic mass is 9.93. The fraction of sp³-hybridized carbons (Fsp3) is 0.588. The molecular weight excluding hydrogens is 330 g/mol. The summed E-state index contributed by atoms with van der Waals surface area (Å²) in [6, 6.07) is 9.85. The molecule has 1 heterocycles. The second-order valence-corrected chi connectivity index (χ2v) is 6.47. The number of hydrogen-bond donors (Lipinski definition) is 0. The van der Waals surface area contributed by atoms with Gasteiger partial charge in [0.2, 0.25) is 0 Å². The number of benzene rings is 1. The summed E-state index contributed by atoms with van der Waals surface area (Å²) in [5.41, 5.74) is 1.04. The van der Waals surface area contributed by atoms with E-state index >= 15 is 0 Å². The van der Waals surface area contributed by atoms with Gasteiger partial charge in [0.1, 0.15) is 6.61 Å². The molecule has 1 aliphatic rings. The molecule has 1 aromatic carbocycles. The van der Waals surface area contributed by atoms with Gasteiger partial charge in [-0.05, 0) is 37.2 Å². The molecular formula is C17H24BrNO2. The number of likely N-dealkylation sites (tertiary alicyclic amines) is 1. The molecule has 1 aromatic rings. The lowest BCUT2D eigenvalue weighted by molar-refractivity contribution is 0.0777. The van der Waals surface area contributed by atoms with Crippen LogP contribution in [0.15, 0.2) is 30.3 Å². The number of carbonyl (C=O) groups excluding carboxylic acids is 1. The molecule has 0 spiro atoms. The zero-order chi connectivity index (χ0) is 14.9. The molecule has 0 unspecified atom stereocenters. The molecule has 0 radical (unpaired) electrons. The van der Waals surface area contributed by atoms with Gasteiger partial charge in [0.15, 0.2) is 0 Å². The van der Waals surface area contributed by atoms with Gasteiger partial charge in [-0.2, -0.15) is 0 Å². The number of nitrogens with zero attached hydrogens (tertiary/aromatic N) is 1. The fourth-order valence-corrected chi connectivity index (χ4v) is 3.20. The van der Waals surface area contributed by atoms with E-state index in [1.807, 2.05) is 35.2 Å². The van der Waals surface area contributed by atoms with E-state index < -0.39 is 0 Å². The lowest BCUT2D eigenvalue weighted by Crippen LogP contribution is -2.40. The summed E-state index contributed by atoms with van der Waals surface area (Å²) < 4.78 is 5.42. The van der Waals surface area contributed by atoms with Crippen LogP contribution in [-0.2, 0) is 11.3 Å². The number of piperidine rings is 1. The van der Waals surface area contributed by atoms with Crippen LogP contribution in [0.5, 0.6) is 0 Å². The van der Waals surface area contributed by atoms with E-state index in [9.17, 15) is 4.79 Å². The molecule has 21 heavy (non-hydrogen) atoms. The second-order valence-electron chi connectivity index (χ2n) is 5.68. The van der Waals surface area contributed by atoms with Crippen LogP contribution in [-0.4, -0.2) is 29.4 Å². The summed E-state index contributed by atoms with van der Waals surface area (Å²) in [5.74, 6) is 0.641. The van der Waals surface area contributed by atoms with Gasteiger partial charge in [0, 0.05) is 18.4 Å². The van der Waals surface area contributed by atoms with E-state index in [2.05, 4.69) is 15.9 Å². The van der Waals surface area contributed by atoms with Gasteiger partial charge in [0.25, 0.3) is 0 Å². The molecule has 0 aromatic heterocycles. The average Bonchev–Trinajstić information content (AvgIpc) is 2.54. The summed E-state index contributed by atoms with van der Waals surface area (Å²) in [6.45, 7) is 2.06. The Balaban J connectivity index is 1.74. The Morgan fingerprint density at radius 3 is 2.86 bits per heavy atom. The Labute approximate surface area is 135 Å². The minimum absolute atomic E-state index is 0.163. The van der Waals surface area contributed by atoms with Crippen LogP contribution < -0.4 is 0 Å². The molecule has 0 N–H and O–H groups in total. The number of unbranched alkanes of at least 4 members (excludes halogenated alkanes) is 1. The number of alkyl halides is 1. The van der Waals surface area contributed by atoms with Crippen LogP contribution in [0.25, 0.3) is 0 Å². The highest BCUT2D eigenvalue weighted by molar-refractivity contribution is 9.09. The van der Waals surface area contributed by atoms with Crippen LogP contribution in [0.1, 0.15) is 37.7 Å². The largest absolute Gasteiger partial charge is 0.445 e. The Bertz CT molecular complexity index is 424. The maximum Gasteiger partial charge on any atom is 0.410 e. The summed E-state index contributed by atoms with van der Waals surface area (Å²) in [5, 5.41) is 1.07. The van der Waals surface area contributed by atoms with Gasteiger partial charge < -0.3 is 9.64 Å². The van der Waals surface area contributed by atoms with Gasteiger partial charge in [-0.3, -0.25) is 0 Å². The number of hydrogen-bond acceptors (Lipinski definition) is 2. The summed E-state index contributed by atoms with van der Waals surface area (Å²) in [6.07, 6.45) is 5.85. The smallest absolute Gasteiger partial charge is 0.410 e. The third-order valence-corrected chi connectivity index (χ3v) is 4.54. The number of halogens is 1. The minimum atomic E-state index is -0.163. The molecule has 1 amide bonds. The van der Waals surface area contributed by atoms with Crippen LogP contribution in [0.3, 0.4) is 0 Å². The third-order valence-electron chi connectivity index (χ3n) is 3.98. The standard InChI is InChI=1S/C17H24BrNO2/c18-11-5-4-7-15-10-6-12-19(13-15)17(20)21-14-16-8-2-1-3-9-16/h1-3,8-9,15H,4-7,10-14H2/t15-/m0/s1. The zero-order valence-corrected chi connectivity index (χ0v) is 14.1. The first-order valence-corrected chi connectivity index (χ1v) is 8.93. The van der Waals surface area contributed by atoms with Crippen molar-refractivity contribution in [3.63, 3.8) is 0 Å². The van der Waals surface area contributed by atoms with E-state index in [0.29, 0.717) is 12.5 Å². The van der Waals surface area contributed by atoms with Crippen molar-refractivity contribution >= 4 is 22.0 Å². The molecule has 0 bridgehead atoms. The number of carbonyl (C=O) groups is 1.